The predicted molar refractivity (Wildman–Crippen MR) is 69.2 cm³/mol. The van der Waals surface area contributed by atoms with Crippen LogP contribution >= 0.6 is 0 Å². The van der Waals surface area contributed by atoms with Crippen molar-refractivity contribution in [2.75, 3.05) is 33.4 Å². The monoisotopic (exact) mass is 277 g/mol. The van der Waals surface area contributed by atoms with Crippen molar-refractivity contribution in [2.45, 2.75) is 25.3 Å². The molecule has 0 aromatic carbocycles. The van der Waals surface area contributed by atoms with E-state index in [1.165, 1.54) is 0 Å². The largest absolute Gasteiger partial charge is 0.383 e. The molecule has 1 saturated carbocycles. The highest BCUT2D eigenvalue weighted by molar-refractivity contribution is 7.87. The molecule has 0 aromatic rings. The average Bonchev–Trinajstić information content (AvgIpc) is 2.72. The number of nitrogens with one attached hydrogen (secondary N) is 1. The molecule has 0 bridgehead atoms. The van der Waals surface area contributed by atoms with Gasteiger partial charge < -0.3 is 10.5 Å². The molecular weight excluding hydrogens is 254 g/mol. The summed E-state index contributed by atoms with van der Waals surface area (Å²) in [5.74, 6) is 0.927. The maximum Gasteiger partial charge on any atom is 0.279 e. The van der Waals surface area contributed by atoms with Crippen molar-refractivity contribution < 1.29 is 13.2 Å². The molecule has 1 aliphatic heterocycles. The average molecular weight is 277 g/mol. The van der Waals surface area contributed by atoms with E-state index in [4.69, 9.17) is 10.5 Å². The van der Waals surface area contributed by atoms with Gasteiger partial charge in [-0.3, -0.25) is 0 Å². The van der Waals surface area contributed by atoms with E-state index in [1.54, 1.807) is 11.4 Å². The van der Waals surface area contributed by atoms with Gasteiger partial charge in [0.15, 0.2) is 0 Å². The van der Waals surface area contributed by atoms with E-state index in [1.807, 2.05) is 0 Å². The first-order valence-electron chi connectivity index (χ1n) is 6.52. The number of nitrogens with two attached hydrogens (primary N) is 1. The Morgan fingerprint density at radius 3 is 2.78 bits per heavy atom. The van der Waals surface area contributed by atoms with Crippen molar-refractivity contribution >= 4 is 10.2 Å². The van der Waals surface area contributed by atoms with Gasteiger partial charge in [-0.25, -0.2) is 0 Å². The molecular formula is C11H23N3O3S. The van der Waals surface area contributed by atoms with E-state index < -0.39 is 10.2 Å². The number of methoxy groups -OCH3 is 1. The van der Waals surface area contributed by atoms with E-state index in [-0.39, 0.29) is 6.04 Å². The summed E-state index contributed by atoms with van der Waals surface area (Å²) in [6.07, 6.45) is 3.02. The lowest BCUT2D eigenvalue weighted by Gasteiger charge is -2.28. The number of hydrogen-bond donors (Lipinski definition) is 2. The molecule has 7 heteroatoms. The van der Waals surface area contributed by atoms with Crippen molar-refractivity contribution in [1.82, 2.24) is 9.03 Å². The molecule has 1 aliphatic carbocycles. The van der Waals surface area contributed by atoms with Crippen molar-refractivity contribution in [3.8, 4) is 0 Å². The summed E-state index contributed by atoms with van der Waals surface area (Å²) in [4.78, 5) is 0. The number of ether oxygens (including phenoxy) is 1. The Kier molecular flexibility index (Phi) is 4.60. The Balaban J connectivity index is 1.91. The Morgan fingerprint density at radius 2 is 2.06 bits per heavy atom. The molecule has 0 spiro atoms. The van der Waals surface area contributed by atoms with Gasteiger partial charge in [-0.15, -0.1) is 0 Å². The Morgan fingerprint density at radius 1 is 1.33 bits per heavy atom. The Labute approximate surface area is 109 Å². The predicted octanol–water partition coefficient (Wildman–Crippen LogP) is -0.474. The van der Waals surface area contributed by atoms with Gasteiger partial charge in [0.05, 0.1) is 6.61 Å². The molecule has 0 radical (unpaired) electrons. The molecule has 2 aliphatic rings. The fraction of sp³-hybridized carbons (Fsp3) is 1.00. The maximum atomic E-state index is 12.1. The summed E-state index contributed by atoms with van der Waals surface area (Å²) < 4.78 is 33.1. The van der Waals surface area contributed by atoms with Crippen molar-refractivity contribution in [2.24, 2.45) is 17.6 Å². The van der Waals surface area contributed by atoms with Gasteiger partial charge in [0.1, 0.15) is 0 Å². The third-order valence-electron chi connectivity index (χ3n) is 3.99. The molecule has 6 nitrogen and oxygen atoms in total. The molecule has 3 N–H and O–H groups in total. The minimum Gasteiger partial charge on any atom is -0.383 e. The smallest absolute Gasteiger partial charge is 0.279 e. The van der Waals surface area contributed by atoms with Crippen LogP contribution in [0.15, 0.2) is 0 Å². The second kappa shape index (κ2) is 5.83. The quantitative estimate of drug-likeness (QED) is 0.665. The minimum absolute atomic E-state index is 0.246. The first-order chi connectivity index (χ1) is 8.53. The van der Waals surface area contributed by atoms with Crippen LogP contribution in [0.5, 0.6) is 0 Å². The Hall–Kier alpha value is -0.210. The molecule has 3 atom stereocenters. The van der Waals surface area contributed by atoms with E-state index in [2.05, 4.69) is 4.72 Å². The van der Waals surface area contributed by atoms with Crippen LogP contribution in [-0.4, -0.2) is 52.1 Å². The maximum absolute atomic E-state index is 12.1. The molecule has 1 heterocycles. The summed E-state index contributed by atoms with van der Waals surface area (Å²) in [6, 6.07) is 0.246. The van der Waals surface area contributed by atoms with Crippen LogP contribution in [0, 0.1) is 11.8 Å². The van der Waals surface area contributed by atoms with Gasteiger partial charge >= 0.3 is 0 Å². The van der Waals surface area contributed by atoms with E-state index in [0.29, 0.717) is 38.1 Å². The molecule has 0 amide bonds. The lowest BCUT2D eigenvalue weighted by molar-refractivity contribution is 0.204. The molecule has 106 valence electrons. The van der Waals surface area contributed by atoms with Crippen LogP contribution < -0.4 is 10.5 Å². The Bertz CT molecular complexity index is 374. The third kappa shape index (κ3) is 3.21. The van der Waals surface area contributed by atoms with Gasteiger partial charge in [-0.1, -0.05) is 0 Å². The first kappa shape index (κ1) is 14.2. The van der Waals surface area contributed by atoms with Crippen LogP contribution in [0.4, 0.5) is 0 Å². The van der Waals surface area contributed by atoms with Crippen LogP contribution in [0.1, 0.15) is 19.3 Å². The summed E-state index contributed by atoms with van der Waals surface area (Å²) in [6.45, 7) is 1.97. The molecule has 0 aromatic heterocycles. The molecule has 1 saturated heterocycles. The zero-order valence-electron chi connectivity index (χ0n) is 10.8. The highest BCUT2D eigenvalue weighted by Gasteiger charge is 2.40. The van der Waals surface area contributed by atoms with Gasteiger partial charge in [0.2, 0.25) is 0 Å². The van der Waals surface area contributed by atoms with Gasteiger partial charge in [0, 0.05) is 32.8 Å². The number of fused-ring (bicyclic) bond motifs is 1. The number of rotatable bonds is 5. The van der Waals surface area contributed by atoms with Gasteiger partial charge in [-0.05, 0) is 31.1 Å². The van der Waals surface area contributed by atoms with Crippen LogP contribution in [0.3, 0.4) is 0 Å². The van der Waals surface area contributed by atoms with Crippen LogP contribution in [0.25, 0.3) is 0 Å². The minimum atomic E-state index is -3.35. The fourth-order valence-corrected chi connectivity index (χ4v) is 4.28. The molecule has 18 heavy (non-hydrogen) atoms. The zero-order chi connectivity index (χ0) is 13.2. The molecule has 2 rings (SSSR count). The highest BCUT2D eigenvalue weighted by atomic mass is 32.2. The first-order valence-corrected chi connectivity index (χ1v) is 7.96. The lowest BCUT2D eigenvalue weighted by atomic mass is 9.79. The van der Waals surface area contributed by atoms with E-state index >= 15 is 0 Å². The summed E-state index contributed by atoms with van der Waals surface area (Å²) in [7, 11) is -1.79. The van der Waals surface area contributed by atoms with Gasteiger partial charge in [0.25, 0.3) is 10.2 Å². The molecule has 1 unspecified atom stereocenters. The molecule has 2 fully saturated rings. The highest BCUT2D eigenvalue weighted by Crippen LogP contribution is 2.36. The van der Waals surface area contributed by atoms with Gasteiger partial charge in [-0.2, -0.15) is 17.4 Å². The van der Waals surface area contributed by atoms with Crippen molar-refractivity contribution in [1.29, 1.82) is 0 Å². The number of nitrogens with zero attached hydrogens (tertiary/aromatic N) is 1. The standard InChI is InChI=1S/C11H23N3O3S/c1-17-5-4-13-18(15,16)14-7-9-2-3-11(12)6-10(9)8-14/h9-11,13H,2-8,12H2,1H3/t9-,10+,11?/m1/s1. The number of hydrogen-bond acceptors (Lipinski definition) is 4. The van der Waals surface area contributed by atoms with E-state index in [0.717, 1.165) is 19.3 Å². The van der Waals surface area contributed by atoms with Crippen LogP contribution in [-0.2, 0) is 14.9 Å². The van der Waals surface area contributed by atoms with Crippen molar-refractivity contribution in [3.63, 3.8) is 0 Å². The zero-order valence-corrected chi connectivity index (χ0v) is 11.7. The normalized spacial score (nSPS) is 33.6. The van der Waals surface area contributed by atoms with Crippen molar-refractivity contribution in [3.05, 3.63) is 0 Å². The SMILES string of the molecule is COCCNS(=O)(=O)N1C[C@H]2CCC(N)C[C@H]2C1. The summed E-state index contributed by atoms with van der Waals surface area (Å²) in [5, 5.41) is 0. The second-order valence-electron chi connectivity index (χ2n) is 5.30. The topological polar surface area (TPSA) is 84.7 Å². The van der Waals surface area contributed by atoms with Crippen LogP contribution in [0.2, 0.25) is 0 Å². The lowest BCUT2D eigenvalue weighted by Crippen LogP contribution is -2.40. The van der Waals surface area contributed by atoms with E-state index in [9.17, 15) is 8.42 Å². The fourth-order valence-electron chi connectivity index (χ4n) is 2.98. The summed E-state index contributed by atoms with van der Waals surface area (Å²) >= 11 is 0. The third-order valence-corrected chi connectivity index (χ3v) is 5.53. The second-order valence-corrected chi connectivity index (χ2v) is 7.06. The summed E-state index contributed by atoms with van der Waals surface area (Å²) in [5.41, 5.74) is 5.94.